The molecule has 0 saturated heterocycles. The first-order valence-corrected chi connectivity index (χ1v) is 10.5. The average Bonchev–Trinajstić information content (AvgIpc) is 3.03. The number of methoxy groups -OCH3 is 1. The van der Waals surface area contributed by atoms with Crippen LogP contribution < -0.4 is 4.90 Å². The van der Waals surface area contributed by atoms with Gasteiger partial charge in [0.1, 0.15) is 4.90 Å². The molecule has 1 aliphatic carbocycles. The Labute approximate surface area is 173 Å². The second-order valence-corrected chi connectivity index (χ2v) is 8.33. The van der Waals surface area contributed by atoms with Gasteiger partial charge in [-0.2, -0.15) is 8.42 Å². The highest BCUT2D eigenvalue weighted by Gasteiger charge is 2.38. The maximum atomic E-state index is 12.9. The van der Waals surface area contributed by atoms with Crippen molar-refractivity contribution in [3.63, 3.8) is 0 Å². The monoisotopic (exact) mass is 429 g/mol. The SMILES string of the molecule is COC(=O)N(c1ccc(Cl)cc1S(=O)(=O)O)C1c2ccccc2-c2ccccc21. The van der Waals surface area contributed by atoms with Gasteiger partial charge in [-0.1, -0.05) is 60.1 Å². The Morgan fingerprint density at radius 2 is 1.55 bits per heavy atom. The molecule has 0 unspecified atom stereocenters. The van der Waals surface area contributed by atoms with Gasteiger partial charge < -0.3 is 4.74 Å². The molecule has 3 aromatic rings. The number of carbonyl (C=O) groups excluding carboxylic acids is 1. The number of anilines is 1. The normalized spacial score (nSPS) is 12.9. The molecule has 0 bridgehead atoms. The number of carbonyl (C=O) groups is 1. The molecule has 0 radical (unpaired) electrons. The lowest BCUT2D eigenvalue weighted by Gasteiger charge is -2.30. The quantitative estimate of drug-likeness (QED) is 0.597. The third-order valence-corrected chi connectivity index (χ3v) is 6.01. The minimum absolute atomic E-state index is 0.0275. The van der Waals surface area contributed by atoms with Crippen LogP contribution >= 0.6 is 11.6 Å². The first-order chi connectivity index (χ1) is 13.8. The highest BCUT2D eigenvalue weighted by molar-refractivity contribution is 7.86. The Morgan fingerprint density at radius 3 is 2.07 bits per heavy atom. The predicted molar refractivity (Wildman–Crippen MR) is 110 cm³/mol. The summed E-state index contributed by atoms with van der Waals surface area (Å²) in [6.45, 7) is 0. The van der Waals surface area contributed by atoms with Gasteiger partial charge in [0.25, 0.3) is 10.1 Å². The molecule has 1 aliphatic rings. The number of nitrogens with zero attached hydrogens (tertiary/aromatic N) is 1. The summed E-state index contributed by atoms with van der Waals surface area (Å²) >= 11 is 5.95. The van der Waals surface area contributed by atoms with E-state index in [1.54, 1.807) is 0 Å². The number of fused-ring (bicyclic) bond motifs is 3. The number of benzene rings is 3. The predicted octanol–water partition coefficient (Wildman–Crippen LogP) is 4.93. The third kappa shape index (κ3) is 3.27. The van der Waals surface area contributed by atoms with Crippen molar-refractivity contribution in [2.45, 2.75) is 10.9 Å². The fourth-order valence-corrected chi connectivity index (χ4v) is 4.69. The highest BCUT2D eigenvalue weighted by atomic mass is 35.5. The number of rotatable bonds is 3. The summed E-state index contributed by atoms with van der Waals surface area (Å²) in [4.78, 5) is 13.6. The summed E-state index contributed by atoms with van der Waals surface area (Å²) in [5, 5.41) is 0.110. The van der Waals surface area contributed by atoms with Crippen molar-refractivity contribution in [3.8, 4) is 11.1 Å². The molecule has 0 fully saturated rings. The smallest absolute Gasteiger partial charge is 0.414 e. The van der Waals surface area contributed by atoms with E-state index in [1.165, 1.54) is 24.1 Å². The first kappa shape index (κ1) is 19.4. The maximum absolute atomic E-state index is 12.9. The minimum Gasteiger partial charge on any atom is -0.452 e. The van der Waals surface area contributed by atoms with Crippen LogP contribution in [0.4, 0.5) is 10.5 Å². The van der Waals surface area contributed by atoms with Crippen LogP contribution in [0.15, 0.2) is 71.6 Å². The first-order valence-electron chi connectivity index (χ1n) is 8.65. The number of hydrogen-bond acceptors (Lipinski definition) is 4. The molecule has 148 valence electrons. The van der Waals surface area contributed by atoms with Gasteiger partial charge in [0.2, 0.25) is 0 Å². The largest absolute Gasteiger partial charge is 0.452 e. The third-order valence-electron chi connectivity index (χ3n) is 4.89. The van der Waals surface area contributed by atoms with Crippen molar-refractivity contribution in [2.75, 3.05) is 12.0 Å². The zero-order valence-corrected chi connectivity index (χ0v) is 16.8. The molecule has 0 atom stereocenters. The summed E-state index contributed by atoms with van der Waals surface area (Å²) < 4.78 is 38.8. The van der Waals surface area contributed by atoms with Gasteiger partial charge in [0.05, 0.1) is 18.8 Å². The van der Waals surface area contributed by atoms with Gasteiger partial charge in [0.15, 0.2) is 0 Å². The van der Waals surface area contributed by atoms with E-state index >= 15 is 0 Å². The van der Waals surface area contributed by atoms with Gasteiger partial charge in [-0.3, -0.25) is 9.45 Å². The fourth-order valence-electron chi connectivity index (χ4n) is 3.74. The molecule has 0 aliphatic heterocycles. The molecule has 6 nitrogen and oxygen atoms in total. The lowest BCUT2D eigenvalue weighted by Crippen LogP contribution is -2.35. The Kier molecular flexibility index (Phi) is 4.82. The van der Waals surface area contributed by atoms with Gasteiger partial charge in [-0.15, -0.1) is 0 Å². The zero-order chi connectivity index (χ0) is 20.8. The molecule has 4 rings (SSSR count). The Morgan fingerprint density at radius 1 is 1.00 bits per heavy atom. The topological polar surface area (TPSA) is 83.9 Å². The van der Waals surface area contributed by atoms with Crippen molar-refractivity contribution < 1.29 is 22.5 Å². The van der Waals surface area contributed by atoms with E-state index in [0.717, 1.165) is 28.3 Å². The Balaban J connectivity index is 2.02. The molecular formula is C21H16ClNO5S. The molecule has 0 heterocycles. The number of hydrogen-bond donors (Lipinski definition) is 1. The fraction of sp³-hybridized carbons (Fsp3) is 0.0952. The van der Waals surface area contributed by atoms with Crippen LogP contribution in [0.25, 0.3) is 11.1 Å². The van der Waals surface area contributed by atoms with Crippen LogP contribution in [0.1, 0.15) is 17.2 Å². The summed E-state index contributed by atoms with van der Waals surface area (Å²) in [6.07, 6.45) is -0.770. The molecule has 29 heavy (non-hydrogen) atoms. The summed E-state index contributed by atoms with van der Waals surface area (Å²) in [6, 6.07) is 18.4. The number of amides is 1. The molecule has 3 aromatic carbocycles. The van der Waals surface area contributed by atoms with Crippen LogP contribution in [0, 0.1) is 0 Å². The second-order valence-electron chi connectivity index (χ2n) is 6.50. The average molecular weight is 430 g/mol. The minimum atomic E-state index is -4.66. The van der Waals surface area contributed by atoms with E-state index in [0.29, 0.717) is 0 Å². The number of ether oxygens (including phenoxy) is 1. The standard InChI is InChI=1S/C21H16ClNO5S/c1-28-21(24)23(18-11-10-13(22)12-19(18)29(25,26)27)20-16-8-4-2-6-14(16)15-7-3-5-9-17(15)20/h2-12,20H,1H3,(H,25,26,27). The maximum Gasteiger partial charge on any atom is 0.414 e. The van der Waals surface area contributed by atoms with E-state index < -0.39 is 27.1 Å². The van der Waals surface area contributed by atoms with Crippen molar-refractivity contribution in [1.82, 2.24) is 0 Å². The van der Waals surface area contributed by atoms with Crippen molar-refractivity contribution in [1.29, 1.82) is 0 Å². The molecule has 8 heteroatoms. The van der Waals surface area contributed by atoms with Crippen LogP contribution in [0.2, 0.25) is 5.02 Å². The van der Waals surface area contributed by atoms with Gasteiger partial charge in [-0.05, 0) is 40.5 Å². The van der Waals surface area contributed by atoms with Crippen molar-refractivity contribution in [3.05, 3.63) is 82.9 Å². The Hall–Kier alpha value is -2.87. The van der Waals surface area contributed by atoms with E-state index in [1.807, 2.05) is 48.5 Å². The van der Waals surface area contributed by atoms with E-state index in [2.05, 4.69) is 0 Å². The van der Waals surface area contributed by atoms with Crippen LogP contribution in [-0.2, 0) is 14.9 Å². The zero-order valence-electron chi connectivity index (χ0n) is 15.2. The van der Waals surface area contributed by atoms with Gasteiger partial charge in [-0.25, -0.2) is 4.79 Å². The van der Waals surface area contributed by atoms with Crippen LogP contribution in [0.3, 0.4) is 0 Å². The van der Waals surface area contributed by atoms with E-state index in [4.69, 9.17) is 16.3 Å². The lowest BCUT2D eigenvalue weighted by atomic mass is 10.0. The molecule has 0 saturated carbocycles. The highest BCUT2D eigenvalue weighted by Crippen LogP contribution is 2.48. The Bertz CT molecular complexity index is 1180. The molecule has 1 amide bonds. The van der Waals surface area contributed by atoms with Gasteiger partial charge in [0, 0.05) is 5.02 Å². The molecule has 0 aromatic heterocycles. The summed E-state index contributed by atoms with van der Waals surface area (Å²) in [5.74, 6) is 0. The van der Waals surface area contributed by atoms with Crippen LogP contribution in [-0.4, -0.2) is 26.2 Å². The van der Waals surface area contributed by atoms with Crippen molar-refractivity contribution >= 4 is 33.5 Å². The summed E-state index contributed by atoms with van der Waals surface area (Å²) in [5.41, 5.74) is 3.47. The van der Waals surface area contributed by atoms with E-state index in [9.17, 15) is 17.8 Å². The molecule has 0 spiro atoms. The van der Waals surface area contributed by atoms with Crippen LogP contribution in [0.5, 0.6) is 0 Å². The second kappa shape index (κ2) is 7.18. The van der Waals surface area contributed by atoms with E-state index in [-0.39, 0.29) is 10.7 Å². The summed E-state index contributed by atoms with van der Waals surface area (Å²) in [7, 11) is -3.45. The number of halogens is 1. The lowest BCUT2D eigenvalue weighted by molar-refractivity contribution is 0.177. The molecular weight excluding hydrogens is 414 g/mol. The molecule has 1 N–H and O–H groups in total. The van der Waals surface area contributed by atoms with Crippen molar-refractivity contribution in [2.24, 2.45) is 0 Å². The van der Waals surface area contributed by atoms with Gasteiger partial charge >= 0.3 is 6.09 Å².